The van der Waals surface area contributed by atoms with Crippen molar-refractivity contribution in [3.8, 4) is 11.8 Å². The summed E-state index contributed by atoms with van der Waals surface area (Å²) in [5, 5.41) is 18.6. The molecule has 66 heavy (non-hydrogen) atoms. The van der Waals surface area contributed by atoms with Crippen molar-refractivity contribution in [1.82, 2.24) is 41.0 Å². The Morgan fingerprint density at radius 3 is 2.47 bits per heavy atom. The number of hydrogen-bond donors (Lipinski definition) is 6. The van der Waals surface area contributed by atoms with Crippen LogP contribution >= 0.6 is 11.6 Å². The van der Waals surface area contributed by atoms with Gasteiger partial charge in [0.05, 0.1) is 17.4 Å². The molecule has 4 aromatic rings. The molecule has 4 aliphatic rings. The second-order valence-corrected chi connectivity index (χ2v) is 17.1. The van der Waals surface area contributed by atoms with Crippen LogP contribution in [0.1, 0.15) is 76.8 Å². The number of nitrogens with zero attached hydrogens (tertiary/aromatic N) is 5. The Bertz CT molecular complexity index is 2500. The number of anilines is 5. The number of carbonyl (C=O) groups is 5. The first-order valence-electron chi connectivity index (χ1n) is 22.5. The molecule has 4 heterocycles. The number of ether oxygens (including phenoxy) is 1. The predicted molar refractivity (Wildman–Crippen MR) is 251 cm³/mol. The van der Waals surface area contributed by atoms with Crippen molar-refractivity contribution in [3.05, 3.63) is 100 Å². The number of nitrogens with one attached hydrogen (secondary N) is 6. The SMILES string of the molecule is CNC(=O)c1ccccc1Nc1nc(Nc2ccc(N3CCN(C(=O)N[C@H]4CC[C@@H](NCCCOCC#Cc5ccc6c(c5)CN(C5CCC(=O)NC5=O)C6=O)CC4)CC3)cc2)ncc1Cl. The predicted octanol–water partition coefficient (Wildman–Crippen LogP) is 4.93. The highest BCUT2D eigenvalue weighted by atomic mass is 35.5. The molecule has 6 N–H and O–H groups in total. The molecule has 3 aliphatic heterocycles. The lowest BCUT2D eigenvalue weighted by atomic mass is 9.91. The lowest BCUT2D eigenvalue weighted by molar-refractivity contribution is -0.136. The van der Waals surface area contributed by atoms with E-state index in [1.165, 1.54) is 11.1 Å². The lowest BCUT2D eigenvalue weighted by Gasteiger charge is -2.37. The Morgan fingerprint density at radius 2 is 1.70 bits per heavy atom. The molecular weight excluding hydrogens is 862 g/mol. The van der Waals surface area contributed by atoms with Gasteiger partial charge in [0.15, 0.2) is 5.82 Å². The van der Waals surface area contributed by atoms with E-state index in [2.05, 4.69) is 58.6 Å². The van der Waals surface area contributed by atoms with Crippen LogP contribution in [0.15, 0.2) is 72.9 Å². The number of piperidine rings is 1. The summed E-state index contributed by atoms with van der Waals surface area (Å²) in [4.78, 5) is 76.9. The van der Waals surface area contributed by atoms with Crippen LogP contribution in [0.5, 0.6) is 0 Å². The van der Waals surface area contributed by atoms with E-state index in [4.69, 9.17) is 16.3 Å². The Hall–Kier alpha value is -6.74. The molecule has 1 aromatic heterocycles. The summed E-state index contributed by atoms with van der Waals surface area (Å²) >= 11 is 6.40. The maximum absolute atomic E-state index is 13.2. The van der Waals surface area contributed by atoms with Crippen LogP contribution in [-0.4, -0.2) is 121 Å². The van der Waals surface area contributed by atoms with Crippen molar-refractivity contribution in [2.24, 2.45) is 0 Å². The van der Waals surface area contributed by atoms with Crippen LogP contribution in [-0.2, 0) is 20.9 Å². The van der Waals surface area contributed by atoms with Crippen LogP contribution in [0.2, 0.25) is 5.02 Å². The number of para-hydroxylation sites is 1. The van der Waals surface area contributed by atoms with Crippen LogP contribution < -0.4 is 36.8 Å². The number of amides is 6. The van der Waals surface area contributed by atoms with Gasteiger partial charge in [0, 0.05) is 87.4 Å². The number of halogens is 1. The number of imide groups is 1. The van der Waals surface area contributed by atoms with E-state index >= 15 is 0 Å². The smallest absolute Gasteiger partial charge is 0.317 e. The zero-order valence-electron chi connectivity index (χ0n) is 36.8. The first kappa shape index (κ1) is 45.8. The quantitative estimate of drug-likeness (QED) is 0.0567. The topological polar surface area (TPSA) is 202 Å². The number of benzene rings is 3. The highest BCUT2D eigenvalue weighted by Gasteiger charge is 2.39. The van der Waals surface area contributed by atoms with E-state index in [0.717, 1.165) is 74.2 Å². The number of urea groups is 1. The van der Waals surface area contributed by atoms with Gasteiger partial charge < -0.3 is 46.0 Å². The molecule has 1 unspecified atom stereocenters. The largest absolute Gasteiger partial charge is 0.369 e. The van der Waals surface area contributed by atoms with Gasteiger partial charge in [0.2, 0.25) is 17.8 Å². The van der Waals surface area contributed by atoms with Crippen molar-refractivity contribution in [2.45, 2.75) is 69.6 Å². The third-order valence-electron chi connectivity index (χ3n) is 12.3. The summed E-state index contributed by atoms with van der Waals surface area (Å²) in [6.07, 6.45) is 6.80. The second kappa shape index (κ2) is 21.5. The van der Waals surface area contributed by atoms with E-state index in [1.807, 2.05) is 41.3 Å². The second-order valence-electron chi connectivity index (χ2n) is 16.7. The van der Waals surface area contributed by atoms with Gasteiger partial charge in [-0.2, -0.15) is 4.98 Å². The minimum Gasteiger partial charge on any atom is -0.369 e. The van der Waals surface area contributed by atoms with E-state index in [1.54, 1.807) is 37.4 Å². The molecule has 1 aliphatic carbocycles. The maximum Gasteiger partial charge on any atom is 0.317 e. The first-order valence-corrected chi connectivity index (χ1v) is 22.9. The molecule has 8 rings (SSSR count). The zero-order chi connectivity index (χ0) is 46.0. The molecule has 3 aromatic carbocycles. The molecule has 0 radical (unpaired) electrons. The third-order valence-corrected chi connectivity index (χ3v) is 12.6. The van der Waals surface area contributed by atoms with E-state index in [-0.39, 0.29) is 36.2 Å². The minimum atomic E-state index is -0.638. The van der Waals surface area contributed by atoms with Crippen molar-refractivity contribution in [2.75, 3.05) is 68.5 Å². The van der Waals surface area contributed by atoms with Crippen molar-refractivity contribution in [1.29, 1.82) is 0 Å². The Balaban J connectivity index is 0.687. The fourth-order valence-corrected chi connectivity index (χ4v) is 8.86. The molecule has 0 bridgehead atoms. The highest BCUT2D eigenvalue weighted by molar-refractivity contribution is 6.33. The maximum atomic E-state index is 13.2. The van der Waals surface area contributed by atoms with Gasteiger partial charge in [-0.15, -0.1) is 0 Å². The molecular formula is C48H54ClN11O6. The Kier molecular flexibility index (Phi) is 14.9. The number of carbonyl (C=O) groups excluding carboxylic acids is 5. The number of rotatable bonds is 14. The monoisotopic (exact) mass is 915 g/mol. The molecule has 1 saturated carbocycles. The molecule has 2 saturated heterocycles. The van der Waals surface area contributed by atoms with Gasteiger partial charge in [-0.25, -0.2) is 9.78 Å². The van der Waals surface area contributed by atoms with Gasteiger partial charge in [-0.3, -0.25) is 24.5 Å². The lowest BCUT2D eigenvalue weighted by Crippen LogP contribution is -2.54. The molecule has 18 heteroatoms. The van der Waals surface area contributed by atoms with Crippen LogP contribution in [0.25, 0.3) is 0 Å². The van der Waals surface area contributed by atoms with E-state index in [9.17, 15) is 24.0 Å². The summed E-state index contributed by atoms with van der Waals surface area (Å²) < 4.78 is 5.75. The Labute approximate surface area is 388 Å². The fraction of sp³-hybridized carbons (Fsp3) is 0.396. The van der Waals surface area contributed by atoms with Gasteiger partial charge in [-0.05, 0) is 105 Å². The molecule has 1 atom stereocenters. The van der Waals surface area contributed by atoms with Gasteiger partial charge in [0.25, 0.3) is 11.8 Å². The van der Waals surface area contributed by atoms with Gasteiger partial charge in [-0.1, -0.05) is 35.6 Å². The summed E-state index contributed by atoms with van der Waals surface area (Å²) in [6.45, 7) is 4.77. The number of fused-ring (bicyclic) bond motifs is 1. The molecule has 6 amide bonds. The summed E-state index contributed by atoms with van der Waals surface area (Å²) in [7, 11) is 1.58. The first-order chi connectivity index (χ1) is 32.1. The molecule has 17 nitrogen and oxygen atoms in total. The fourth-order valence-electron chi connectivity index (χ4n) is 8.72. The van der Waals surface area contributed by atoms with Crippen molar-refractivity contribution < 1.29 is 28.7 Å². The van der Waals surface area contributed by atoms with Crippen LogP contribution in [0.4, 0.5) is 33.6 Å². The number of aromatic nitrogens is 2. The third kappa shape index (κ3) is 11.4. The van der Waals surface area contributed by atoms with Gasteiger partial charge >= 0.3 is 6.03 Å². The normalized spacial score (nSPS) is 19.3. The minimum absolute atomic E-state index is 0.00231. The van der Waals surface area contributed by atoms with Crippen LogP contribution in [0, 0.1) is 11.8 Å². The molecule has 344 valence electrons. The average Bonchev–Trinajstić information content (AvgIpc) is 3.66. The van der Waals surface area contributed by atoms with Gasteiger partial charge in [0.1, 0.15) is 17.7 Å². The molecule has 0 spiro atoms. The number of piperazine rings is 1. The molecule has 3 fully saturated rings. The highest BCUT2D eigenvalue weighted by Crippen LogP contribution is 2.30. The number of hydrogen-bond acceptors (Lipinski definition) is 12. The Morgan fingerprint density at radius 1 is 0.924 bits per heavy atom. The van der Waals surface area contributed by atoms with E-state index < -0.39 is 11.9 Å². The van der Waals surface area contributed by atoms with Crippen LogP contribution in [0.3, 0.4) is 0 Å². The summed E-state index contributed by atoms with van der Waals surface area (Å²) in [6, 6.07) is 20.5. The van der Waals surface area contributed by atoms with Crippen molar-refractivity contribution >= 4 is 70.1 Å². The summed E-state index contributed by atoms with van der Waals surface area (Å²) in [5.74, 6) is 5.72. The van der Waals surface area contributed by atoms with Crippen molar-refractivity contribution in [3.63, 3.8) is 0 Å². The zero-order valence-corrected chi connectivity index (χ0v) is 37.6. The standard InChI is InChI=1S/C48H54ClN11O6/c1-50-44(62)38-7-2-3-8-40(38)55-43-39(49)29-52-47(57-43)53-34-14-16-36(17-15-34)58-22-24-59(25-23-58)48(65)54-35-12-10-33(11-13-35)51-21-5-27-66-26-4-6-31-9-18-37-32(28-31)30-60(46(37)64)41-19-20-42(61)56-45(41)63/h2-3,7-9,14-18,28-29,33,35,41,51H,5,10-13,19-27,30H2,1H3,(H,50,62)(H,54,65)(H,56,61,63)(H2,52,53,55,57)/t33-,35+,41?. The average molecular weight is 916 g/mol. The summed E-state index contributed by atoms with van der Waals surface area (Å²) in [5.41, 5.74) is 5.06. The van der Waals surface area contributed by atoms with E-state index in [0.29, 0.717) is 78.9 Å².